The molecule has 13 heteroatoms. The maximum Gasteiger partial charge on any atom is 0.271 e. The summed E-state index contributed by atoms with van der Waals surface area (Å²) < 4.78 is 37.8. The van der Waals surface area contributed by atoms with Gasteiger partial charge in [0, 0.05) is 31.1 Å². The van der Waals surface area contributed by atoms with E-state index < -0.39 is 33.4 Å². The van der Waals surface area contributed by atoms with Crippen LogP contribution in [0.25, 0.3) is 0 Å². The third kappa shape index (κ3) is 8.96. The number of hydrogen-bond acceptors (Lipinski definition) is 8. The molecule has 0 bridgehead atoms. The van der Waals surface area contributed by atoms with E-state index in [-0.39, 0.29) is 42.0 Å². The first-order chi connectivity index (χ1) is 22.0. The lowest BCUT2D eigenvalue weighted by Gasteiger charge is -2.35. The van der Waals surface area contributed by atoms with Gasteiger partial charge in [-0.25, -0.2) is 8.42 Å². The zero-order chi connectivity index (χ0) is 33.3. The lowest BCUT2D eigenvalue weighted by molar-refractivity contribution is -0.384. The summed E-state index contributed by atoms with van der Waals surface area (Å²) in [7, 11) is -1.35. The first-order valence-corrected chi connectivity index (χ1v) is 16.9. The number of non-ortho nitro benzene ring substituents is 1. The number of rotatable bonds is 14. The molecule has 1 fully saturated rings. The van der Waals surface area contributed by atoms with Gasteiger partial charge in [0.2, 0.25) is 21.8 Å². The molecule has 0 radical (unpaired) electrons. The molecule has 0 unspecified atom stereocenters. The van der Waals surface area contributed by atoms with Gasteiger partial charge in [-0.15, -0.1) is 0 Å². The van der Waals surface area contributed by atoms with Crippen molar-refractivity contribution in [3.63, 3.8) is 0 Å². The summed E-state index contributed by atoms with van der Waals surface area (Å²) in [6, 6.07) is 18.8. The molecule has 0 aromatic heterocycles. The average molecular weight is 653 g/mol. The van der Waals surface area contributed by atoms with Gasteiger partial charge in [-0.2, -0.15) is 0 Å². The van der Waals surface area contributed by atoms with E-state index in [1.807, 2.05) is 30.3 Å². The highest BCUT2D eigenvalue weighted by atomic mass is 32.2. The van der Waals surface area contributed by atoms with Crippen LogP contribution in [0.5, 0.6) is 11.5 Å². The molecule has 3 aromatic carbocycles. The van der Waals surface area contributed by atoms with Crippen LogP contribution in [0.15, 0.2) is 72.8 Å². The molecule has 0 heterocycles. The lowest BCUT2D eigenvalue weighted by Crippen LogP contribution is -2.55. The number of nitro groups is 1. The Morgan fingerprint density at radius 2 is 1.65 bits per heavy atom. The van der Waals surface area contributed by atoms with Gasteiger partial charge in [-0.3, -0.25) is 24.0 Å². The monoisotopic (exact) mass is 652 g/mol. The van der Waals surface area contributed by atoms with Gasteiger partial charge in [0.15, 0.2) is 0 Å². The highest BCUT2D eigenvalue weighted by molar-refractivity contribution is 7.92. The molecule has 46 heavy (non-hydrogen) atoms. The topological polar surface area (TPSA) is 148 Å². The normalized spacial score (nSPS) is 14.2. The highest BCUT2D eigenvalue weighted by Gasteiger charge is 2.35. The number of sulfonamides is 1. The molecule has 1 aliphatic carbocycles. The van der Waals surface area contributed by atoms with Crippen molar-refractivity contribution >= 4 is 33.2 Å². The fourth-order valence-electron chi connectivity index (χ4n) is 5.65. The quantitative estimate of drug-likeness (QED) is 0.198. The predicted octanol–water partition coefficient (Wildman–Crippen LogP) is 4.47. The molecule has 246 valence electrons. The summed E-state index contributed by atoms with van der Waals surface area (Å²) in [6.45, 7) is -0.766. The van der Waals surface area contributed by atoms with Gasteiger partial charge in [0.05, 0.1) is 25.4 Å². The summed E-state index contributed by atoms with van der Waals surface area (Å²) in [5.41, 5.74) is 0.934. The number of benzene rings is 3. The second-order valence-electron chi connectivity index (χ2n) is 11.3. The lowest BCUT2D eigenvalue weighted by atomic mass is 9.94. The fourth-order valence-corrected chi connectivity index (χ4v) is 6.49. The van der Waals surface area contributed by atoms with Gasteiger partial charge >= 0.3 is 0 Å². The number of nitrogens with one attached hydrogen (secondary N) is 1. The fraction of sp³-hybridized carbons (Fsp3) is 0.394. The molecule has 0 saturated heterocycles. The van der Waals surface area contributed by atoms with Crippen LogP contribution in [0.4, 0.5) is 11.4 Å². The maximum absolute atomic E-state index is 14.4. The molecule has 2 amide bonds. The first kappa shape index (κ1) is 34.2. The number of carbonyl (C=O) groups is 2. The molecular weight excluding hydrogens is 612 g/mol. The van der Waals surface area contributed by atoms with E-state index in [0.717, 1.165) is 54.3 Å². The second-order valence-corrected chi connectivity index (χ2v) is 13.2. The van der Waals surface area contributed by atoms with Crippen molar-refractivity contribution in [2.75, 3.05) is 31.3 Å². The molecule has 1 aliphatic rings. The predicted molar refractivity (Wildman–Crippen MR) is 174 cm³/mol. The van der Waals surface area contributed by atoms with Crippen molar-refractivity contribution in [3.05, 3.63) is 94.0 Å². The minimum absolute atomic E-state index is 0.0269. The SMILES string of the molecule is COc1cccc(CN(C(=O)CN(c2cc([N+](=O)[O-])ccc2OC)S(C)(=O)=O)[C@H](Cc2ccccc2)C(=O)NC2CCCCC2)c1. The molecular formula is C33H40N4O8S. The third-order valence-electron chi connectivity index (χ3n) is 8.03. The van der Waals surface area contributed by atoms with E-state index in [0.29, 0.717) is 11.3 Å². The van der Waals surface area contributed by atoms with E-state index in [1.54, 1.807) is 24.3 Å². The Labute approximate surface area is 269 Å². The van der Waals surface area contributed by atoms with Gasteiger partial charge in [0.1, 0.15) is 29.8 Å². The first-order valence-electron chi connectivity index (χ1n) is 15.1. The third-order valence-corrected chi connectivity index (χ3v) is 9.16. The molecule has 1 saturated carbocycles. The zero-order valence-electron chi connectivity index (χ0n) is 26.3. The second kappa shape index (κ2) is 15.6. The molecule has 4 rings (SSSR count). The van der Waals surface area contributed by atoms with Gasteiger partial charge < -0.3 is 19.7 Å². The zero-order valence-corrected chi connectivity index (χ0v) is 27.1. The number of hydrogen-bond donors (Lipinski definition) is 1. The van der Waals surface area contributed by atoms with Crippen LogP contribution >= 0.6 is 0 Å². The Morgan fingerprint density at radius 3 is 2.28 bits per heavy atom. The number of amides is 2. The summed E-state index contributed by atoms with van der Waals surface area (Å²) in [6.07, 6.45) is 5.84. The minimum atomic E-state index is -4.17. The van der Waals surface area contributed by atoms with Crippen molar-refractivity contribution in [1.29, 1.82) is 0 Å². The van der Waals surface area contributed by atoms with E-state index in [9.17, 15) is 28.1 Å². The molecule has 0 spiro atoms. The maximum atomic E-state index is 14.4. The van der Waals surface area contributed by atoms with Gasteiger partial charge in [-0.05, 0) is 42.2 Å². The van der Waals surface area contributed by atoms with Crippen LogP contribution < -0.4 is 19.1 Å². The molecule has 12 nitrogen and oxygen atoms in total. The van der Waals surface area contributed by atoms with Crippen LogP contribution in [0, 0.1) is 10.1 Å². The van der Waals surface area contributed by atoms with Crippen LogP contribution in [0.3, 0.4) is 0 Å². The van der Waals surface area contributed by atoms with Gasteiger partial charge in [-0.1, -0.05) is 61.7 Å². The van der Waals surface area contributed by atoms with E-state index in [2.05, 4.69) is 5.32 Å². The Bertz CT molecular complexity index is 1630. The summed E-state index contributed by atoms with van der Waals surface area (Å²) in [5, 5.41) is 14.7. The average Bonchev–Trinajstić information content (AvgIpc) is 3.05. The molecule has 0 aliphatic heterocycles. The smallest absolute Gasteiger partial charge is 0.271 e. The molecule has 1 N–H and O–H groups in total. The van der Waals surface area contributed by atoms with Crippen LogP contribution in [0.2, 0.25) is 0 Å². The standard InChI is InChI=1S/C33H40N4O8S/c1-44-28-16-10-13-25(19-28)22-35(30(20-24-11-6-4-7-12-24)33(39)34-26-14-8-5-9-15-26)32(38)23-36(46(3,42)43)29-21-27(37(40)41)17-18-31(29)45-2/h4,6-7,10-13,16-19,21,26,30H,5,8-9,14-15,20,22-23H2,1-3H3,(H,34,39)/t30-/m1/s1. The summed E-state index contributed by atoms with van der Waals surface area (Å²) in [4.78, 5) is 40.8. The van der Waals surface area contributed by atoms with Crippen LogP contribution in [0.1, 0.15) is 43.2 Å². The largest absolute Gasteiger partial charge is 0.497 e. The van der Waals surface area contributed by atoms with E-state index in [4.69, 9.17) is 9.47 Å². The number of nitrogens with zero attached hydrogens (tertiary/aromatic N) is 3. The Kier molecular flexibility index (Phi) is 11.6. The number of ether oxygens (including phenoxy) is 2. The van der Waals surface area contributed by atoms with Crippen LogP contribution in [-0.2, 0) is 32.6 Å². The van der Waals surface area contributed by atoms with E-state index in [1.165, 1.54) is 31.3 Å². The summed E-state index contributed by atoms with van der Waals surface area (Å²) >= 11 is 0. The number of carbonyl (C=O) groups excluding carboxylic acids is 2. The highest BCUT2D eigenvalue weighted by Crippen LogP contribution is 2.34. The van der Waals surface area contributed by atoms with Crippen molar-refractivity contribution in [2.45, 2.75) is 57.2 Å². The Hall–Kier alpha value is -4.65. The molecule has 1 atom stereocenters. The number of nitro benzene ring substituents is 1. The Morgan fingerprint density at radius 1 is 0.957 bits per heavy atom. The summed E-state index contributed by atoms with van der Waals surface area (Å²) in [5.74, 6) is -0.443. The number of anilines is 1. The molecule has 3 aromatic rings. The van der Waals surface area contributed by atoms with E-state index >= 15 is 0 Å². The Balaban J connectivity index is 1.79. The number of methoxy groups -OCH3 is 2. The van der Waals surface area contributed by atoms with Crippen molar-refractivity contribution in [2.24, 2.45) is 0 Å². The van der Waals surface area contributed by atoms with Crippen molar-refractivity contribution in [3.8, 4) is 11.5 Å². The minimum Gasteiger partial charge on any atom is -0.497 e. The van der Waals surface area contributed by atoms with Crippen molar-refractivity contribution in [1.82, 2.24) is 10.2 Å². The van der Waals surface area contributed by atoms with Crippen LogP contribution in [-0.4, -0.2) is 69.2 Å². The van der Waals surface area contributed by atoms with Crippen molar-refractivity contribution < 1.29 is 32.4 Å². The van der Waals surface area contributed by atoms with Gasteiger partial charge in [0.25, 0.3) is 5.69 Å².